The van der Waals surface area contributed by atoms with Crippen molar-refractivity contribution >= 4 is 35.2 Å². The van der Waals surface area contributed by atoms with Crippen LogP contribution in [-0.2, 0) is 19.0 Å². The van der Waals surface area contributed by atoms with Gasteiger partial charge in [-0.05, 0) is 60.5 Å². The number of amides is 1. The Morgan fingerprint density at radius 2 is 1.68 bits per heavy atom. The van der Waals surface area contributed by atoms with Gasteiger partial charge in [-0.15, -0.1) is 0 Å². The first-order valence-electron chi connectivity index (χ1n) is 14.5. The molecule has 256 valence electrons. The molecule has 5 rings (SSSR count). The molecule has 0 aromatic heterocycles. The summed E-state index contributed by atoms with van der Waals surface area (Å²) in [5.41, 5.74) is 0.509. The topological polar surface area (TPSA) is 197 Å². The van der Waals surface area contributed by atoms with Crippen molar-refractivity contribution in [2.24, 2.45) is 0 Å². The van der Waals surface area contributed by atoms with Crippen LogP contribution in [0.5, 0.6) is 11.5 Å². The van der Waals surface area contributed by atoms with Crippen molar-refractivity contribution in [3.63, 3.8) is 0 Å². The minimum Gasteiger partial charge on any atom is -0.488 e. The SMILES string of the molecule is CC(=Cc1ccc(O[C@@H]2O[C@H](C(=CCOc3ccc(Cl)cc3Cl)CO)[C@@H](O)[C@@H]2O)c(F)c1)C(=O)N[C@@H]1[C@H](O)[C@@H](O)[C@H]2OCO[C@H]2[C@@H]1O. The average Bonchev–Trinajstić information content (AvgIpc) is 3.64. The van der Waals surface area contributed by atoms with Crippen LogP contribution in [0.2, 0.25) is 10.0 Å². The van der Waals surface area contributed by atoms with Crippen molar-refractivity contribution < 1.29 is 63.5 Å². The van der Waals surface area contributed by atoms with Crippen LogP contribution in [0.3, 0.4) is 0 Å². The number of benzene rings is 2. The van der Waals surface area contributed by atoms with Gasteiger partial charge in [0.2, 0.25) is 12.2 Å². The number of carbonyl (C=O) groups is 1. The lowest BCUT2D eigenvalue weighted by Gasteiger charge is -2.41. The van der Waals surface area contributed by atoms with Gasteiger partial charge >= 0.3 is 0 Å². The zero-order valence-electron chi connectivity index (χ0n) is 24.8. The molecule has 2 heterocycles. The molecule has 13 nitrogen and oxygen atoms in total. The third-order valence-electron chi connectivity index (χ3n) is 8.09. The van der Waals surface area contributed by atoms with E-state index in [9.17, 15) is 35.4 Å². The molecule has 0 spiro atoms. The second kappa shape index (κ2) is 15.1. The lowest BCUT2D eigenvalue weighted by molar-refractivity contribution is -0.155. The van der Waals surface area contributed by atoms with Crippen molar-refractivity contribution in [2.45, 2.75) is 68.1 Å². The van der Waals surface area contributed by atoms with Gasteiger partial charge in [-0.3, -0.25) is 4.79 Å². The Bertz CT molecular complexity index is 1510. The quantitative estimate of drug-likeness (QED) is 0.135. The molecular weight excluding hydrogens is 668 g/mol. The smallest absolute Gasteiger partial charge is 0.247 e. The standard InChI is InChI=1S/C31H34Cl2FNO12/c1-13(30(42)35-21-22(37)24(39)29-28(23(21)38)44-12-45-29)8-14-2-4-20(18(34)9-14)46-31-26(41)25(40)27(47-31)15(11-36)6-7-43-19-5-3-16(32)10-17(19)33/h2-6,8-10,21-29,31,36-41H,7,11-12H2,1H3,(H,35,42)/t21-,22+,23-,24-,25+,26+,27-,28+,29-,31-/m1/s1. The van der Waals surface area contributed by atoms with Crippen LogP contribution in [0.1, 0.15) is 12.5 Å². The minimum absolute atomic E-state index is 0.0688. The summed E-state index contributed by atoms with van der Waals surface area (Å²) < 4.78 is 42.3. The molecule has 0 bridgehead atoms. The molecule has 2 aromatic rings. The number of aliphatic hydroxyl groups excluding tert-OH is 6. The highest BCUT2D eigenvalue weighted by molar-refractivity contribution is 6.35. The molecule has 2 saturated heterocycles. The van der Waals surface area contributed by atoms with E-state index < -0.39 is 79.5 Å². The third-order valence-corrected chi connectivity index (χ3v) is 8.62. The number of hydrogen-bond donors (Lipinski definition) is 7. The average molecular weight is 703 g/mol. The monoisotopic (exact) mass is 701 g/mol. The summed E-state index contributed by atoms with van der Waals surface area (Å²) in [4.78, 5) is 12.8. The van der Waals surface area contributed by atoms with E-state index in [0.29, 0.717) is 10.8 Å². The number of nitrogens with one attached hydrogen (secondary N) is 1. The summed E-state index contributed by atoms with van der Waals surface area (Å²) in [6.45, 7) is 0.635. The number of carbonyl (C=O) groups excluding carboxylic acids is 1. The van der Waals surface area contributed by atoms with Gasteiger partial charge in [0.05, 0.1) is 17.7 Å². The largest absolute Gasteiger partial charge is 0.488 e. The maximum Gasteiger partial charge on any atom is 0.247 e. The number of halogens is 3. The summed E-state index contributed by atoms with van der Waals surface area (Å²) in [6, 6.07) is 7.10. The van der Waals surface area contributed by atoms with E-state index in [-0.39, 0.29) is 40.9 Å². The first-order chi connectivity index (χ1) is 22.4. The fourth-order valence-electron chi connectivity index (χ4n) is 5.52. The molecular formula is C31H34Cl2FNO12. The lowest BCUT2D eigenvalue weighted by Crippen LogP contribution is -2.67. The van der Waals surface area contributed by atoms with Crippen molar-refractivity contribution in [3.05, 3.63) is 75.0 Å². The Hall–Kier alpha value is -2.86. The normalized spacial score (nSPS) is 32.6. The van der Waals surface area contributed by atoms with E-state index in [1.165, 1.54) is 37.3 Å². The Morgan fingerprint density at radius 3 is 2.36 bits per heavy atom. The second-order valence-corrected chi connectivity index (χ2v) is 12.1. The van der Waals surface area contributed by atoms with Gasteiger partial charge in [-0.1, -0.05) is 29.3 Å². The number of aliphatic hydroxyl groups is 6. The van der Waals surface area contributed by atoms with E-state index >= 15 is 4.39 Å². The van der Waals surface area contributed by atoms with E-state index in [1.54, 1.807) is 12.1 Å². The zero-order chi connectivity index (χ0) is 34.0. The van der Waals surface area contributed by atoms with Gasteiger partial charge in [0.1, 0.15) is 68.0 Å². The predicted molar refractivity (Wildman–Crippen MR) is 163 cm³/mol. The van der Waals surface area contributed by atoms with Crippen molar-refractivity contribution in [3.8, 4) is 11.5 Å². The molecule has 2 aromatic carbocycles. The van der Waals surface area contributed by atoms with Crippen LogP contribution in [0, 0.1) is 5.82 Å². The summed E-state index contributed by atoms with van der Waals surface area (Å²) in [5, 5.41) is 65.5. The molecule has 0 radical (unpaired) electrons. The third kappa shape index (κ3) is 7.74. The molecule has 3 aliphatic rings. The van der Waals surface area contributed by atoms with Crippen LogP contribution in [-0.4, -0.2) is 118 Å². The van der Waals surface area contributed by atoms with Crippen molar-refractivity contribution in [1.82, 2.24) is 5.32 Å². The van der Waals surface area contributed by atoms with Crippen LogP contribution >= 0.6 is 23.2 Å². The number of rotatable bonds is 10. The summed E-state index contributed by atoms with van der Waals surface area (Å²) in [7, 11) is 0. The maximum atomic E-state index is 15.1. The van der Waals surface area contributed by atoms with Crippen molar-refractivity contribution in [2.75, 3.05) is 20.0 Å². The van der Waals surface area contributed by atoms with Gasteiger partial charge in [0.25, 0.3) is 0 Å². The Balaban J connectivity index is 1.20. The second-order valence-electron chi connectivity index (χ2n) is 11.2. The van der Waals surface area contributed by atoms with Gasteiger partial charge in [-0.2, -0.15) is 0 Å². The van der Waals surface area contributed by atoms with Gasteiger partial charge in [-0.25, -0.2) is 4.39 Å². The summed E-state index contributed by atoms with van der Waals surface area (Å²) in [6.07, 6.45) is -9.21. The van der Waals surface area contributed by atoms with E-state index in [4.69, 9.17) is 46.9 Å². The highest BCUT2D eigenvalue weighted by Crippen LogP contribution is 2.32. The fourth-order valence-corrected chi connectivity index (χ4v) is 5.98. The summed E-state index contributed by atoms with van der Waals surface area (Å²) in [5.74, 6) is -1.57. The molecule has 1 amide bonds. The first-order valence-corrected chi connectivity index (χ1v) is 15.3. The number of ether oxygens (including phenoxy) is 5. The predicted octanol–water partition coefficient (Wildman–Crippen LogP) is 0.682. The van der Waals surface area contributed by atoms with Crippen LogP contribution < -0.4 is 14.8 Å². The summed E-state index contributed by atoms with van der Waals surface area (Å²) >= 11 is 12.0. The van der Waals surface area contributed by atoms with E-state index in [2.05, 4.69) is 5.32 Å². The molecule has 47 heavy (non-hydrogen) atoms. The van der Waals surface area contributed by atoms with Gasteiger partial charge in [0.15, 0.2) is 11.6 Å². The lowest BCUT2D eigenvalue weighted by atomic mass is 9.83. The Kier molecular flexibility index (Phi) is 11.4. The van der Waals surface area contributed by atoms with Crippen LogP contribution in [0.4, 0.5) is 4.39 Å². The highest BCUT2D eigenvalue weighted by atomic mass is 35.5. The molecule has 2 aliphatic heterocycles. The maximum absolute atomic E-state index is 15.1. The number of hydrogen-bond acceptors (Lipinski definition) is 12. The van der Waals surface area contributed by atoms with Crippen molar-refractivity contribution in [1.29, 1.82) is 0 Å². The zero-order valence-corrected chi connectivity index (χ0v) is 26.3. The molecule has 3 fully saturated rings. The van der Waals surface area contributed by atoms with Crippen LogP contribution in [0.25, 0.3) is 6.08 Å². The first kappa shape index (κ1) is 35.4. The molecule has 0 unspecified atom stereocenters. The Labute approximate surface area is 278 Å². The Morgan fingerprint density at radius 1 is 0.979 bits per heavy atom. The molecule has 1 aliphatic carbocycles. The van der Waals surface area contributed by atoms with E-state index in [0.717, 1.165) is 6.07 Å². The van der Waals surface area contributed by atoms with Gasteiger partial charge in [0, 0.05) is 10.6 Å². The van der Waals surface area contributed by atoms with Gasteiger partial charge < -0.3 is 59.6 Å². The fraction of sp³-hybridized carbons (Fsp3) is 0.452. The molecule has 7 N–H and O–H groups in total. The number of fused-ring (bicyclic) bond motifs is 1. The highest BCUT2D eigenvalue weighted by Gasteiger charge is 2.53. The molecule has 16 heteroatoms. The van der Waals surface area contributed by atoms with E-state index in [1.807, 2.05) is 0 Å². The van der Waals surface area contributed by atoms with Crippen LogP contribution in [0.15, 0.2) is 53.6 Å². The molecule has 10 atom stereocenters. The minimum atomic E-state index is -1.60. The molecule has 1 saturated carbocycles.